The maximum atomic E-state index is 13.1. The highest BCUT2D eigenvalue weighted by molar-refractivity contribution is 6.16. The molecule has 0 aliphatic carbocycles. The lowest BCUT2D eigenvalue weighted by Gasteiger charge is -2.47. The maximum absolute atomic E-state index is 13.1. The van der Waals surface area contributed by atoms with E-state index < -0.39 is 17.8 Å². The van der Waals surface area contributed by atoms with E-state index in [1.54, 1.807) is 19.3 Å². The van der Waals surface area contributed by atoms with E-state index in [0.717, 1.165) is 29.1 Å². The largest absolute Gasteiger partial charge is 0.496 e. The average Bonchev–Trinajstić information content (AvgIpc) is 3.07. The number of rotatable bonds is 6. The Labute approximate surface area is 212 Å². The van der Waals surface area contributed by atoms with Crippen molar-refractivity contribution in [1.82, 2.24) is 10.2 Å². The predicted molar refractivity (Wildman–Crippen MR) is 141 cm³/mol. The third-order valence-corrected chi connectivity index (χ3v) is 7.04. The van der Waals surface area contributed by atoms with Crippen molar-refractivity contribution in [3.63, 3.8) is 0 Å². The van der Waals surface area contributed by atoms with Gasteiger partial charge >= 0.3 is 6.03 Å². The first-order valence-corrected chi connectivity index (χ1v) is 12.2. The maximum Gasteiger partial charge on any atom is 0.329 e. The van der Waals surface area contributed by atoms with Gasteiger partial charge in [0.05, 0.1) is 7.11 Å². The van der Waals surface area contributed by atoms with E-state index in [-0.39, 0.29) is 17.8 Å². The molecule has 2 aromatic carbocycles. The molecule has 1 saturated heterocycles. The van der Waals surface area contributed by atoms with E-state index in [0.29, 0.717) is 22.9 Å². The molecule has 1 atom stereocenters. The molecule has 2 heterocycles. The first-order chi connectivity index (χ1) is 17.1. The third-order valence-electron chi connectivity index (χ3n) is 7.04. The summed E-state index contributed by atoms with van der Waals surface area (Å²) in [5.74, 6) is -0.0701. The van der Waals surface area contributed by atoms with Gasteiger partial charge in [-0.25, -0.2) is 9.69 Å². The van der Waals surface area contributed by atoms with E-state index >= 15 is 0 Å². The molecule has 4 amide bonds. The van der Waals surface area contributed by atoms with Gasteiger partial charge in [0.2, 0.25) is 5.91 Å². The fourth-order valence-corrected chi connectivity index (χ4v) is 5.33. The van der Waals surface area contributed by atoms with Gasteiger partial charge in [0, 0.05) is 35.1 Å². The van der Waals surface area contributed by atoms with Crippen molar-refractivity contribution in [1.29, 1.82) is 0 Å². The molecule has 0 aromatic heterocycles. The van der Waals surface area contributed by atoms with Crippen LogP contribution in [0.5, 0.6) is 5.75 Å². The Kier molecular flexibility index (Phi) is 6.80. The lowest BCUT2D eigenvalue weighted by atomic mass is 9.79. The molecule has 4 rings (SSSR count). The minimum Gasteiger partial charge on any atom is -0.496 e. The number of benzene rings is 2. The summed E-state index contributed by atoms with van der Waals surface area (Å²) in [6, 6.07) is 10.7. The van der Waals surface area contributed by atoms with Gasteiger partial charge in [0.15, 0.2) is 0 Å². The van der Waals surface area contributed by atoms with Crippen LogP contribution < -0.4 is 20.3 Å². The summed E-state index contributed by atoms with van der Waals surface area (Å²) in [6.45, 7) is 11.2. The van der Waals surface area contributed by atoms with Crippen molar-refractivity contribution in [2.75, 3.05) is 30.4 Å². The molecule has 0 saturated carbocycles. The number of aryl methyl sites for hydroxylation is 1. The van der Waals surface area contributed by atoms with Crippen LogP contribution in [0, 0.1) is 6.92 Å². The summed E-state index contributed by atoms with van der Waals surface area (Å²) in [6.07, 6.45) is 2.62. The minimum atomic E-state index is -0.629. The van der Waals surface area contributed by atoms with Gasteiger partial charge in [-0.15, -0.1) is 0 Å². The van der Waals surface area contributed by atoms with Crippen LogP contribution in [-0.4, -0.2) is 48.5 Å². The summed E-state index contributed by atoms with van der Waals surface area (Å²) in [5.41, 5.74) is 4.66. The summed E-state index contributed by atoms with van der Waals surface area (Å²) in [5, 5.41) is 5.37. The number of nitrogens with zero attached hydrogens (tertiary/aromatic N) is 2. The number of carbonyl (C=O) groups is 3. The van der Waals surface area contributed by atoms with Crippen LogP contribution in [0.1, 0.15) is 56.7 Å². The van der Waals surface area contributed by atoms with Crippen LogP contribution in [0.2, 0.25) is 0 Å². The molecule has 2 aliphatic heterocycles. The zero-order chi connectivity index (χ0) is 26.2. The van der Waals surface area contributed by atoms with Gasteiger partial charge < -0.3 is 20.3 Å². The lowest BCUT2D eigenvalue weighted by Crippen LogP contribution is -2.48. The number of ether oxygens (including phenoxy) is 1. The number of hydrogen-bond donors (Lipinski definition) is 2. The molecule has 1 fully saturated rings. The highest BCUT2D eigenvalue weighted by Crippen LogP contribution is 2.46. The van der Waals surface area contributed by atoms with Crippen molar-refractivity contribution >= 4 is 35.3 Å². The predicted octanol–water partition coefficient (Wildman–Crippen LogP) is 4.65. The summed E-state index contributed by atoms with van der Waals surface area (Å²) in [4.78, 5) is 41.5. The van der Waals surface area contributed by atoms with Gasteiger partial charge in [-0.1, -0.05) is 25.1 Å². The zero-order valence-electron chi connectivity index (χ0n) is 21.8. The molecular weight excluding hydrogens is 456 g/mol. The Bertz CT molecular complexity index is 1250. The summed E-state index contributed by atoms with van der Waals surface area (Å²) < 4.78 is 5.68. The molecule has 0 bridgehead atoms. The topological polar surface area (TPSA) is 91.0 Å². The normalized spacial score (nSPS) is 19.8. The smallest absolute Gasteiger partial charge is 0.329 e. The van der Waals surface area contributed by atoms with Crippen LogP contribution in [0.15, 0.2) is 42.1 Å². The second-order valence-electron chi connectivity index (χ2n) is 10.1. The number of anilines is 2. The molecule has 2 aromatic rings. The van der Waals surface area contributed by atoms with Crippen LogP contribution in [0.25, 0.3) is 6.08 Å². The van der Waals surface area contributed by atoms with Crippen LogP contribution >= 0.6 is 0 Å². The summed E-state index contributed by atoms with van der Waals surface area (Å²) in [7, 11) is 1.59. The van der Waals surface area contributed by atoms with Crippen molar-refractivity contribution in [2.45, 2.75) is 52.5 Å². The zero-order valence-corrected chi connectivity index (χ0v) is 21.8. The standard InChI is InChI=1S/C28H34N4O4/c1-7-32-23-14-24(36-6)19(12-20(23)18(3)15-28(32,4)5)13-22-26(34)31(27(35)30-22)16-25(33)29-21-11-9-8-10-17(21)2/h8-14,18H,7,15-16H2,1-6H3,(H,29,33)(H,30,35)/b22-13+. The summed E-state index contributed by atoms with van der Waals surface area (Å²) >= 11 is 0. The second-order valence-corrected chi connectivity index (χ2v) is 10.1. The number of para-hydroxylation sites is 1. The molecule has 2 N–H and O–H groups in total. The molecule has 0 spiro atoms. The van der Waals surface area contributed by atoms with Crippen LogP contribution in [-0.2, 0) is 9.59 Å². The quantitative estimate of drug-likeness (QED) is 0.455. The molecule has 2 aliphatic rings. The molecule has 190 valence electrons. The van der Waals surface area contributed by atoms with Crippen molar-refractivity contribution in [3.05, 3.63) is 58.8 Å². The Hall–Kier alpha value is -3.81. The number of urea groups is 1. The first kappa shape index (κ1) is 25.3. The van der Waals surface area contributed by atoms with Gasteiger partial charge in [0.25, 0.3) is 5.91 Å². The third kappa shape index (κ3) is 4.67. The highest BCUT2D eigenvalue weighted by Gasteiger charge is 2.37. The first-order valence-electron chi connectivity index (χ1n) is 12.2. The lowest BCUT2D eigenvalue weighted by molar-refractivity contribution is -0.127. The van der Waals surface area contributed by atoms with E-state index in [1.165, 1.54) is 5.56 Å². The van der Waals surface area contributed by atoms with Gasteiger partial charge in [0.1, 0.15) is 18.0 Å². The second kappa shape index (κ2) is 9.68. The Morgan fingerprint density at radius 3 is 2.64 bits per heavy atom. The molecular formula is C28H34N4O4. The average molecular weight is 491 g/mol. The minimum absolute atomic E-state index is 0.0148. The Morgan fingerprint density at radius 2 is 1.97 bits per heavy atom. The van der Waals surface area contributed by atoms with Gasteiger partial charge in [-0.3, -0.25) is 9.59 Å². The molecule has 0 radical (unpaired) electrons. The number of nitrogens with one attached hydrogen (secondary N) is 2. The molecule has 1 unspecified atom stereocenters. The van der Waals surface area contributed by atoms with E-state index in [9.17, 15) is 14.4 Å². The number of fused-ring (bicyclic) bond motifs is 1. The van der Waals surface area contributed by atoms with Gasteiger partial charge in [-0.05, 0) is 69.4 Å². The molecule has 36 heavy (non-hydrogen) atoms. The molecule has 8 nitrogen and oxygen atoms in total. The number of hydrogen-bond acceptors (Lipinski definition) is 5. The monoisotopic (exact) mass is 490 g/mol. The van der Waals surface area contributed by atoms with E-state index in [1.807, 2.05) is 37.3 Å². The van der Waals surface area contributed by atoms with Gasteiger partial charge in [-0.2, -0.15) is 0 Å². The number of imide groups is 1. The van der Waals surface area contributed by atoms with Crippen molar-refractivity contribution < 1.29 is 19.1 Å². The fraction of sp³-hybridized carbons (Fsp3) is 0.393. The Balaban J connectivity index is 1.59. The SMILES string of the molecule is CCN1c2cc(OC)c(/C=C3/NC(=O)N(CC(=O)Nc4ccccc4C)C3=O)cc2C(C)CC1(C)C. The highest BCUT2D eigenvalue weighted by atomic mass is 16.5. The fourth-order valence-electron chi connectivity index (χ4n) is 5.33. The van der Waals surface area contributed by atoms with Crippen molar-refractivity contribution in [3.8, 4) is 5.75 Å². The Morgan fingerprint density at radius 1 is 1.25 bits per heavy atom. The van der Waals surface area contributed by atoms with E-state index in [4.69, 9.17) is 4.74 Å². The van der Waals surface area contributed by atoms with E-state index in [2.05, 4.69) is 43.2 Å². The van der Waals surface area contributed by atoms with Crippen LogP contribution in [0.3, 0.4) is 0 Å². The number of carbonyl (C=O) groups excluding carboxylic acids is 3. The number of methoxy groups -OCH3 is 1. The molecule has 8 heteroatoms. The van der Waals surface area contributed by atoms with Crippen molar-refractivity contribution in [2.24, 2.45) is 0 Å². The van der Waals surface area contributed by atoms with Crippen LogP contribution in [0.4, 0.5) is 16.2 Å². The number of amides is 4.